The first-order valence-electron chi connectivity index (χ1n) is 4.25. The van der Waals surface area contributed by atoms with Gasteiger partial charge in [-0.15, -0.1) is 0 Å². The predicted molar refractivity (Wildman–Crippen MR) is 59.0 cm³/mol. The number of carbonyl (C=O) groups excluding carboxylic acids is 1. The summed E-state index contributed by atoms with van der Waals surface area (Å²) in [6, 6.07) is 0. The van der Waals surface area contributed by atoms with Gasteiger partial charge in [-0.2, -0.15) is 0 Å². The second-order valence-electron chi connectivity index (χ2n) is 2.60. The fraction of sp³-hybridized carbons (Fsp3) is 0.875. The molecule has 0 unspecified atom stereocenters. The third kappa shape index (κ3) is 12.3. The van der Waals surface area contributed by atoms with Crippen LogP contribution in [0.2, 0.25) is 0 Å². The number of halogens is 1. The van der Waals surface area contributed by atoms with Crippen molar-refractivity contribution in [1.82, 2.24) is 3.53 Å². The summed E-state index contributed by atoms with van der Waals surface area (Å²) in [5.41, 5.74) is 0. The molecule has 5 heteroatoms. The molecule has 13 heavy (non-hydrogen) atoms. The minimum Gasteiger partial charge on any atom is -0.379 e. The van der Waals surface area contributed by atoms with E-state index in [0.717, 1.165) is 19.6 Å². The number of hydrogen-bond donors (Lipinski definition) is 1. The first-order chi connectivity index (χ1) is 6.27. The molecule has 1 N–H and O–H groups in total. The van der Waals surface area contributed by atoms with Crippen LogP contribution in [0.5, 0.6) is 0 Å². The van der Waals surface area contributed by atoms with Crippen molar-refractivity contribution < 1.29 is 14.3 Å². The molecular formula is C8H16INO3. The number of ketones is 1. The molecule has 0 aromatic heterocycles. The molecule has 0 aromatic rings. The number of nitrogens with one attached hydrogen (secondary N) is 1. The van der Waals surface area contributed by atoms with Crippen molar-refractivity contribution in [3.8, 4) is 0 Å². The van der Waals surface area contributed by atoms with Crippen LogP contribution in [0.25, 0.3) is 0 Å². The zero-order chi connectivity index (χ0) is 9.94. The van der Waals surface area contributed by atoms with Gasteiger partial charge in [0.25, 0.3) is 0 Å². The van der Waals surface area contributed by atoms with Crippen LogP contribution in [-0.4, -0.2) is 38.8 Å². The number of ether oxygens (including phenoxy) is 2. The highest BCUT2D eigenvalue weighted by Gasteiger charge is 1.93. The van der Waals surface area contributed by atoms with E-state index < -0.39 is 0 Å². The molecule has 0 bridgehead atoms. The lowest BCUT2D eigenvalue weighted by molar-refractivity contribution is -0.121. The molecule has 0 saturated heterocycles. The van der Waals surface area contributed by atoms with Crippen molar-refractivity contribution in [1.29, 1.82) is 0 Å². The van der Waals surface area contributed by atoms with Crippen LogP contribution in [0.15, 0.2) is 0 Å². The normalized spacial score (nSPS) is 10.3. The number of Topliss-reactive ketones (excluding diaryl/α,β-unsaturated/α-hetero) is 1. The van der Waals surface area contributed by atoms with Crippen LogP contribution in [0, 0.1) is 0 Å². The standard InChI is InChI=1S/C8H16INO3/c1-8(11)7-13-6-5-12-4-2-3-10-9/h10H,2-7H2,1H3. The van der Waals surface area contributed by atoms with E-state index in [2.05, 4.69) is 26.4 Å². The summed E-state index contributed by atoms with van der Waals surface area (Å²) in [5, 5.41) is 0. The Labute approximate surface area is 92.9 Å². The Balaban J connectivity index is 2.87. The third-order valence-corrected chi connectivity index (χ3v) is 1.78. The van der Waals surface area contributed by atoms with E-state index in [-0.39, 0.29) is 12.4 Å². The molecular weight excluding hydrogens is 285 g/mol. The first-order valence-corrected chi connectivity index (χ1v) is 5.33. The van der Waals surface area contributed by atoms with Crippen molar-refractivity contribution in [3.63, 3.8) is 0 Å². The third-order valence-electron chi connectivity index (χ3n) is 1.24. The summed E-state index contributed by atoms with van der Waals surface area (Å²) in [6.45, 7) is 4.45. The van der Waals surface area contributed by atoms with E-state index in [1.807, 2.05) is 0 Å². The molecule has 0 atom stereocenters. The molecule has 0 aliphatic carbocycles. The van der Waals surface area contributed by atoms with Crippen molar-refractivity contribution >= 4 is 28.6 Å². The highest BCUT2D eigenvalue weighted by molar-refractivity contribution is 14.1. The van der Waals surface area contributed by atoms with Crippen molar-refractivity contribution in [2.24, 2.45) is 0 Å². The Morgan fingerprint density at radius 3 is 2.62 bits per heavy atom. The van der Waals surface area contributed by atoms with Crippen LogP contribution in [-0.2, 0) is 14.3 Å². The van der Waals surface area contributed by atoms with Gasteiger partial charge in [-0.05, 0) is 13.3 Å². The SMILES string of the molecule is CC(=O)COCCOCCCNI. The van der Waals surface area contributed by atoms with Gasteiger partial charge in [0.15, 0.2) is 5.78 Å². The molecule has 4 nitrogen and oxygen atoms in total. The second kappa shape index (κ2) is 10.4. The average molecular weight is 301 g/mol. The van der Waals surface area contributed by atoms with Crippen molar-refractivity contribution in [2.75, 3.05) is 33.0 Å². The first kappa shape index (κ1) is 13.3. The summed E-state index contributed by atoms with van der Waals surface area (Å²) >= 11 is 2.10. The van der Waals surface area contributed by atoms with Crippen LogP contribution < -0.4 is 3.53 Å². The van der Waals surface area contributed by atoms with Gasteiger partial charge in [-0.1, -0.05) is 0 Å². The molecule has 0 aliphatic heterocycles. The van der Waals surface area contributed by atoms with Gasteiger partial charge >= 0.3 is 0 Å². The minimum atomic E-state index is 0.0501. The molecule has 0 rings (SSSR count). The Hall–Kier alpha value is 0.280. The maximum Gasteiger partial charge on any atom is 0.155 e. The summed E-state index contributed by atoms with van der Waals surface area (Å²) in [5.74, 6) is 0.0501. The highest BCUT2D eigenvalue weighted by atomic mass is 127. The van der Waals surface area contributed by atoms with Crippen molar-refractivity contribution in [3.05, 3.63) is 0 Å². The van der Waals surface area contributed by atoms with Crippen LogP contribution in [0.4, 0.5) is 0 Å². The molecule has 0 spiro atoms. The number of rotatable bonds is 9. The molecule has 0 fully saturated rings. The van der Waals surface area contributed by atoms with Gasteiger partial charge < -0.3 is 9.47 Å². The van der Waals surface area contributed by atoms with Gasteiger partial charge in [-0.3, -0.25) is 8.32 Å². The fourth-order valence-corrected chi connectivity index (χ4v) is 1.06. The zero-order valence-electron chi connectivity index (χ0n) is 7.85. The molecule has 0 saturated carbocycles. The minimum absolute atomic E-state index is 0.0501. The van der Waals surface area contributed by atoms with Crippen LogP contribution >= 0.6 is 22.9 Å². The Kier molecular flexibility index (Phi) is 10.6. The smallest absolute Gasteiger partial charge is 0.155 e. The van der Waals surface area contributed by atoms with Gasteiger partial charge in [0.2, 0.25) is 0 Å². The Morgan fingerprint density at radius 1 is 1.31 bits per heavy atom. The van der Waals surface area contributed by atoms with E-state index in [9.17, 15) is 4.79 Å². The van der Waals surface area contributed by atoms with Crippen LogP contribution in [0.1, 0.15) is 13.3 Å². The zero-order valence-corrected chi connectivity index (χ0v) is 10.0. The molecule has 78 valence electrons. The van der Waals surface area contributed by atoms with Crippen molar-refractivity contribution in [2.45, 2.75) is 13.3 Å². The maximum atomic E-state index is 10.4. The lowest BCUT2D eigenvalue weighted by Gasteiger charge is -2.03. The maximum absolute atomic E-state index is 10.4. The number of hydrogen-bond acceptors (Lipinski definition) is 4. The monoisotopic (exact) mass is 301 g/mol. The van der Waals surface area contributed by atoms with E-state index >= 15 is 0 Å². The summed E-state index contributed by atoms with van der Waals surface area (Å²) in [6.07, 6.45) is 0.996. The van der Waals surface area contributed by atoms with Gasteiger partial charge in [0.05, 0.1) is 13.2 Å². The van der Waals surface area contributed by atoms with E-state index in [0.29, 0.717) is 13.2 Å². The molecule has 0 aliphatic rings. The summed E-state index contributed by atoms with van der Waals surface area (Å²) < 4.78 is 13.2. The van der Waals surface area contributed by atoms with Crippen LogP contribution in [0.3, 0.4) is 0 Å². The largest absolute Gasteiger partial charge is 0.379 e. The Bertz CT molecular complexity index is 133. The highest BCUT2D eigenvalue weighted by Crippen LogP contribution is 1.84. The molecule has 0 radical (unpaired) electrons. The van der Waals surface area contributed by atoms with E-state index in [1.54, 1.807) is 0 Å². The summed E-state index contributed by atoms with van der Waals surface area (Å²) in [7, 11) is 0. The molecule has 0 heterocycles. The topological polar surface area (TPSA) is 47.6 Å². The quantitative estimate of drug-likeness (QED) is 0.391. The number of carbonyl (C=O) groups is 1. The second-order valence-corrected chi connectivity index (χ2v) is 3.37. The average Bonchev–Trinajstić information content (AvgIpc) is 2.09. The molecule has 0 aromatic carbocycles. The summed E-state index contributed by atoms with van der Waals surface area (Å²) in [4.78, 5) is 10.4. The van der Waals surface area contributed by atoms with E-state index in [1.165, 1.54) is 6.92 Å². The Morgan fingerprint density at radius 2 is 2.00 bits per heavy atom. The lowest BCUT2D eigenvalue weighted by Crippen LogP contribution is -2.11. The molecule has 0 amide bonds. The van der Waals surface area contributed by atoms with E-state index in [4.69, 9.17) is 9.47 Å². The predicted octanol–water partition coefficient (Wildman–Crippen LogP) is 0.938. The van der Waals surface area contributed by atoms with Gasteiger partial charge in [0.1, 0.15) is 6.61 Å². The van der Waals surface area contributed by atoms with Gasteiger partial charge in [0, 0.05) is 36.0 Å². The lowest BCUT2D eigenvalue weighted by atomic mass is 10.5. The van der Waals surface area contributed by atoms with Gasteiger partial charge in [-0.25, -0.2) is 0 Å². The fourth-order valence-electron chi connectivity index (χ4n) is 0.677.